The Labute approximate surface area is 142 Å². The number of primary amides is 1. The number of nitrogens with one attached hydrogen (secondary N) is 1. The molecule has 126 valence electrons. The van der Waals surface area contributed by atoms with E-state index in [1.165, 1.54) is 26.2 Å². The molecule has 1 aromatic heterocycles. The van der Waals surface area contributed by atoms with Crippen molar-refractivity contribution in [2.45, 2.75) is 13.0 Å². The van der Waals surface area contributed by atoms with Gasteiger partial charge in [0, 0.05) is 0 Å². The second kappa shape index (κ2) is 7.60. The fourth-order valence-corrected chi connectivity index (χ4v) is 2.70. The predicted molar refractivity (Wildman–Crippen MR) is 89.3 cm³/mol. The van der Waals surface area contributed by atoms with Gasteiger partial charge in [-0.15, -0.1) is 11.3 Å². The molecule has 0 fully saturated rings. The largest absolute Gasteiger partial charge is 0.496 e. The van der Waals surface area contributed by atoms with Crippen LogP contribution in [-0.4, -0.2) is 31.0 Å². The number of hydrogen-bond donors (Lipinski definition) is 2. The molecule has 0 saturated carbocycles. The first-order valence-electron chi connectivity index (χ1n) is 6.96. The molecule has 0 spiro atoms. The van der Waals surface area contributed by atoms with Gasteiger partial charge in [-0.3, -0.25) is 9.59 Å². The summed E-state index contributed by atoms with van der Waals surface area (Å²) in [7, 11) is 1.43. The maximum Gasteiger partial charge on any atom is 0.342 e. The molecule has 2 rings (SSSR count). The van der Waals surface area contributed by atoms with Crippen LogP contribution in [0.1, 0.15) is 27.6 Å². The average molecular weight is 348 g/mol. The van der Waals surface area contributed by atoms with Gasteiger partial charge in [0.25, 0.3) is 11.8 Å². The summed E-state index contributed by atoms with van der Waals surface area (Å²) in [6.45, 7) is 1.43. The number of amides is 2. The molecule has 1 aromatic carbocycles. The van der Waals surface area contributed by atoms with Gasteiger partial charge in [-0.1, -0.05) is 12.1 Å². The number of nitrogens with two attached hydrogens (primary N) is 1. The van der Waals surface area contributed by atoms with Crippen molar-refractivity contribution >= 4 is 34.1 Å². The number of ether oxygens (including phenoxy) is 2. The predicted octanol–water partition coefficient (Wildman–Crippen LogP) is 2.04. The van der Waals surface area contributed by atoms with Crippen LogP contribution < -0.4 is 15.8 Å². The Morgan fingerprint density at radius 2 is 1.88 bits per heavy atom. The Kier molecular flexibility index (Phi) is 5.54. The SMILES string of the molecule is COc1ccccc1C(=O)O[C@@H](C)C(=O)Nc1sccc1C(N)=O. The number of methoxy groups -OCH3 is 1. The Hall–Kier alpha value is -2.87. The van der Waals surface area contributed by atoms with Crippen LogP contribution in [-0.2, 0) is 9.53 Å². The number of thiophene rings is 1. The lowest BCUT2D eigenvalue weighted by atomic mass is 10.2. The van der Waals surface area contributed by atoms with E-state index >= 15 is 0 Å². The lowest BCUT2D eigenvalue weighted by molar-refractivity contribution is -0.123. The van der Waals surface area contributed by atoms with Crippen LogP contribution in [0.3, 0.4) is 0 Å². The van der Waals surface area contributed by atoms with E-state index < -0.39 is 23.9 Å². The van der Waals surface area contributed by atoms with E-state index in [0.29, 0.717) is 10.8 Å². The lowest BCUT2D eigenvalue weighted by Gasteiger charge is -2.14. The third-order valence-electron chi connectivity index (χ3n) is 3.15. The standard InChI is InChI=1S/C16H16N2O5S/c1-9(14(20)18-15-11(13(17)19)7-8-24-15)23-16(21)10-5-3-4-6-12(10)22-2/h3-9H,1-2H3,(H2,17,19)(H,18,20)/t9-/m0/s1. The zero-order valence-corrected chi connectivity index (χ0v) is 13.9. The Morgan fingerprint density at radius 1 is 1.17 bits per heavy atom. The zero-order chi connectivity index (χ0) is 17.7. The van der Waals surface area contributed by atoms with Crippen LogP contribution in [0.2, 0.25) is 0 Å². The van der Waals surface area contributed by atoms with Crippen molar-refractivity contribution in [1.29, 1.82) is 0 Å². The number of benzene rings is 1. The summed E-state index contributed by atoms with van der Waals surface area (Å²) >= 11 is 1.15. The summed E-state index contributed by atoms with van der Waals surface area (Å²) < 4.78 is 10.2. The fourth-order valence-electron chi connectivity index (χ4n) is 1.90. The molecule has 0 saturated heterocycles. The molecular weight excluding hydrogens is 332 g/mol. The Bertz CT molecular complexity index is 771. The van der Waals surface area contributed by atoms with E-state index in [4.69, 9.17) is 15.2 Å². The van der Waals surface area contributed by atoms with Gasteiger partial charge in [-0.2, -0.15) is 0 Å². The monoisotopic (exact) mass is 348 g/mol. The molecule has 2 aromatic rings. The highest BCUT2D eigenvalue weighted by molar-refractivity contribution is 7.14. The van der Waals surface area contributed by atoms with Gasteiger partial charge in [0.05, 0.1) is 12.7 Å². The topological polar surface area (TPSA) is 108 Å². The maximum absolute atomic E-state index is 12.2. The number of para-hydroxylation sites is 1. The molecule has 0 aliphatic carbocycles. The highest BCUT2D eigenvalue weighted by Gasteiger charge is 2.22. The minimum atomic E-state index is -1.06. The molecule has 0 aliphatic rings. The van der Waals surface area contributed by atoms with Crippen LogP contribution in [0.25, 0.3) is 0 Å². The smallest absolute Gasteiger partial charge is 0.342 e. The summed E-state index contributed by atoms with van der Waals surface area (Å²) in [5, 5.41) is 4.47. The highest BCUT2D eigenvalue weighted by atomic mass is 32.1. The second-order valence-corrected chi connectivity index (χ2v) is 5.68. The third-order valence-corrected chi connectivity index (χ3v) is 3.98. The molecule has 0 radical (unpaired) electrons. The van der Waals surface area contributed by atoms with E-state index in [0.717, 1.165) is 11.3 Å². The summed E-state index contributed by atoms with van der Waals surface area (Å²) in [5.41, 5.74) is 5.64. The van der Waals surface area contributed by atoms with Crippen molar-refractivity contribution in [3.05, 3.63) is 46.8 Å². The van der Waals surface area contributed by atoms with Gasteiger partial charge in [-0.25, -0.2) is 4.79 Å². The number of anilines is 1. The number of rotatable bonds is 6. The molecule has 0 aliphatic heterocycles. The van der Waals surface area contributed by atoms with Crippen LogP contribution in [0.15, 0.2) is 35.7 Å². The number of esters is 1. The van der Waals surface area contributed by atoms with Crippen LogP contribution in [0, 0.1) is 0 Å². The Balaban J connectivity index is 2.05. The molecule has 7 nitrogen and oxygen atoms in total. The van der Waals surface area contributed by atoms with Gasteiger partial charge in [-0.05, 0) is 30.5 Å². The quantitative estimate of drug-likeness (QED) is 0.777. The number of carbonyl (C=O) groups excluding carboxylic acids is 3. The molecular formula is C16H16N2O5S. The molecule has 0 bridgehead atoms. The van der Waals surface area contributed by atoms with Crippen LogP contribution in [0.5, 0.6) is 5.75 Å². The van der Waals surface area contributed by atoms with Crippen molar-refractivity contribution in [3.8, 4) is 5.75 Å². The molecule has 8 heteroatoms. The van der Waals surface area contributed by atoms with E-state index in [-0.39, 0.29) is 11.1 Å². The average Bonchev–Trinajstić information content (AvgIpc) is 3.02. The van der Waals surface area contributed by atoms with E-state index in [2.05, 4.69) is 5.32 Å². The number of carbonyl (C=O) groups is 3. The van der Waals surface area contributed by atoms with Crippen LogP contribution >= 0.6 is 11.3 Å². The van der Waals surface area contributed by atoms with Gasteiger partial charge in [0.1, 0.15) is 16.3 Å². The van der Waals surface area contributed by atoms with Gasteiger partial charge < -0.3 is 20.5 Å². The zero-order valence-electron chi connectivity index (χ0n) is 13.1. The normalized spacial score (nSPS) is 11.4. The summed E-state index contributed by atoms with van der Waals surface area (Å²) in [5.74, 6) is -1.55. The minimum absolute atomic E-state index is 0.205. The molecule has 3 N–H and O–H groups in total. The van der Waals surface area contributed by atoms with Crippen molar-refractivity contribution in [1.82, 2.24) is 0 Å². The van der Waals surface area contributed by atoms with Gasteiger partial charge in [0.15, 0.2) is 6.10 Å². The molecule has 1 atom stereocenters. The summed E-state index contributed by atoms with van der Waals surface area (Å²) in [6.07, 6.45) is -1.06. The minimum Gasteiger partial charge on any atom is -0.496 e. The van der Waals surface area contributed by atoms with E-state index in [1.54, 1.807) is 23.6 Å². The molecule has 0 unspecified atom stereocenters. The second-order valence-electron chi connectivity index (χ2n) is 4.76. The van der Waals surface area contributed by atoms with Crippen molar-refractivity contribution in [2.75, 3.05) is 12.4 Å². The summed E-state index contributed by atoms with van der Waals surface area (Å²) in [4.78, 5) is 35.6. The lowest BCUT2D eigenvalue weighted by Crippen LogP contribution is -2.30. The van der Waals surface area contributed by atoms with Crippen molar-refractivity contribution in [3.63, 3.8) is 0 Å². The van der Waals surface area contributed by atoms with E-state index in [9.17, 15) is 14.4 Å². The maximum atomic E-state index is 12.2. The van der Waals surface area contributed by atoms with Crippen molar-refractivity contribution in [2.24, 2.45) is 5.73 Å². The van der Waals surface area contributed by atoms with Crippen LogP contribution in [0.4, 0.5) is 5.00 Å². The molecule has 2 amide bonds. The van der Waals surface area contributed by atoms with Gasteiger partial charge in [0.2, 0.25) is 0 Å². The van der Waals surface area contributed by atoms with E-state index in [1.807, 2.05) is 0 Å². The number of hydrogen-bond acceptors (Lipinski definition) is 6. The Morgan fingerprint density at radius 3 is 2.54 bits per heavy atom. The highest BCUT2D eigenvalue weighted by Crippen LogP contribution is 2.23. The molecule has 24 heavy (non-hydrogen) atoms. The summed E-state index contributed by atoms with van der Waals surface area (Å²) in [6, 6.07) is 8.04. The van der Waals surface area contributed by atoms with Gasteiger partial charge >= 0.3 is 5.97 Å². The first-order valence-corrected chi connectivity index (χ1v) is 7.84. The fraction of sp³-hybridized carbons (Fsp3) is 0.188. The van der Waals surface area contributed by atoms with Crippen molar-refractivity contribution < 1.29 is 23.9 Å². The first-order chi connectivity index (χ1) is 11.4. The third kappa shape index (κ3) is 3.90. The molecule has 1 heterocycles. The first kappa shape index (κ1) is 17.5.